The van der Waals surface area contributed by atoms with E-state index in [0.29, 0.717) is 18.9 Å². The summed E-state index contributed by atoms with van der Waals surface area (Å²) in [5.41, 5.74) is 0. The number of amides is 1. The predicted octanol–water partition coefficient (Wildman–Crippen LogP) is 0.998. The van der Waals surface area contributed by atoms with Crippen LogP contribution in [-0.4, -0.2) is 38.1 Å². The summed E-state index contributed by atoms with van der Waals surface area (Å²) in [6.45, 7) is 1.10. The molecular weight excluding hydrogens is 170 g/mol. The van der Waals surface area contributed by atoms with Gasteiger partial charge in [0.25, 0.3) is 5.91 Å². The molecule has 1 aromatic heterocycles. The fraction of sp³-hybridized carbons (Fsp3) is 0.444. The van der Waals surface area contributed by atoms with Gasteiger partial charge in [-0.15, -0.1) is 0 Å². The Morgan fingerprint density at radius 2 is 2.46 bits per heavy atom. The van der Waals surface area contributed by atoms with E-state index in [0.717, 1.165) is 0 Å². The zero-order valence-corrected chi connectivity index (χ0v) is 7.82. The average Bonchev–Trinajstić information content (AvgIpc) is 2.65. The minimum absolute atomic E-state index is 0.123. The van der Waals surface area contributed by atoms with Gasteiger partial charge in [-0.25, -0.2) is 0 Å². The first-order chi connectivity index (χ1) is 6.25. The molecule has 0 radical (unpaired) electrons. The van der Waals surface area contributed by atoms with E-state index < -0.39 is 0 Å². The number of furan rings is 1. The number of methoxy groups -OCH3 is 1. The average molecular weight is 183 g/mol. The molecule has 0 spiro atoms. The summed E-state index contributed by atoms with van der Waals surface area (Å²) in [5.74, 6) is 0.237. The highest BCUT2D eigenvalue weighted by Crippen LogP contribution is 2.03. The van der Waals surface area contributed by atoms with Gasteiger partial charge in [0.05, 0.1) is 12.9 Å². The molecule has 4 heteroatoms. The van der Waals surface area contributed by atoms with Crippen LogP contribution in [0.4, 0.5) is 0 Å². The number of likely N-dealkylation sites (N-methyl/N-ethyl adjacent to an activating group) is 1. The second-order valence-electron chi connectivity index (χ2n) is 2.70. The molecule has 72 valence electrons. The first-order valence-corrected chi connectivity index (χ1v) is 4.03. The van der Waals surface area contributed by atoms with E-state index in [1.165, 1.54) is 6.26 Å². The Morgan fingerprint density at radius 1 is 1.69 bits per heavy atom. The van der Waals surface area contributed by atoms with Gasteiger partial charge in [-0.2, -0.15) is 0 Å². The van der Waals surface area contributed by atoms with Crippen LogP contribution in [0.15, 0.2) is 22.8 Å². The van der Waals surface area contributed by atoms with E-state index in [1.807, 2.05) is 0 Å². The maximum Gasteiger partial charge on any atom is 0.289 e. The van der Waals surface area contributed by atoms with Crippen LogP contribution < -0.4 is 0 Å². The first kappa shape index (κ1) is 9.80. The number of nitrogens with zero attached hydrogens (tertiary/aromatic N) is 1. The summed E-state index contributed by atoms with van der Waals surface area (Å²) in [7, 11) is 3.31. The van der Waals surface area contributed by atoms with E-state index in [2.05, 4.69) is 0 Å². The molecule has 4 nitrogen and oxygen atoms in total. The molecule has 0 aliphatic rings. The van der Waals surface area contributed by atoms with Gasteiger partial charge in [0.1, 0.15) is 0 Å². The van der Waals surface area contributed by atoms with Gasteiger partial charge in [0.2, 0.25) is 0 Å². The molecular formula is C9H13NO3. The highest BCUT2D eigenvalue weighted by molar-refractivity contribution is 5.91. The zero-order valence-electron chi connectivity index (χ0n) is 7.82. The second-order valence-corrected chi connectivity index (χ2v) is 2.70. The van der Waals surface area contributed by atoms with Gasteiger partial charge < -0.3 is 14.1 Å². The lowest BCUT2D eigenvalue weighted by Crippen LogP contribution is -2.29. The largest absolute Gasteiger partial charge is 0.459 e. The number of rotatable bonds is 4. The number of hydrogen-bond donors (Lipinski definition) is 0. The van der Waals surface area contributed by atoms with Gasteiger partial charge in [0.15, 0.2) is 5.76 Å². The SMILES string of the molecule is COCCN(C)C(=O)c1ccco1. The molecule has 0 unspecified atom stereocenters. The maximum absolute atomic E-state index is 11.5. The van der Waals surface area contributed by atoms with Gasteiger partial charge in [-0.3, -0.25) is 4.79 Å². The molecule has 0 fully saturated rings. The van der Waals surface area contributed by atoms with E-state index >= 15 is 0 Å². The molecule has 1 heterocycles. The van der Waals surface area contributed by atoms with Crippen molar-refractivity contribution in [2.75, 3.05) is 27.3 Å². The van der Waals surface area contributed by atoms with Crippen molar-refractivity contribution in [3.05, 3.63) is 24.2 Å². The summed E-state index contributed by atoms with van der Waals surface area (Å²) in [5, 5.41) is 0. The zero-order chi connectivity index (χ0) is 9.68. The minimum Gasteiger partial charge on any atom is -0.459 e. The Labute approximate surface area is 77.1 Å². The van der Waals surface area contributed by atoms with Crippen molar-refractivity contribution in [1.29, 1.82) is 0 Å². The highest BCUT2D eigenvalue weighted by atomic mass is 16.5. The third-order valence-corrected chi connectivity index (χ3v) is 1.71. The quantitative estimate of drug-likeness (QED) is 0.699. The Hall–Kier alpha value is -1.29. The molecule has 0 aliphatic heterocycles. The molecule has 0 aromatic carbocycles. The number of hydrogen-bond acceptors (Lipinski definition) is 3. The third kappa shape index (κ3) is 2.59. The Kier molecular flexibility index (Phi) is 3.52. The van der Waals surface area contributed by atoms with Crippen LogP contribution in [0.5, 0.6) is 0 Å². The van der Waals surface area contributed by atoms with Crippen LogP contribution in [0.3, 0.4) is 0 Å². The summed E-state index contributed by atoms with van der Waals surface area (Å²) in [4.78, 5) is 13.0. The minimum atomic E-state index is -0.123. The van der Waals surface area contributed by atoms with E-state index in [9.17, 15) is 4.79 Å². The number of ether oxygens (including phenoxy) is 1. The molecule has 13 heavy (non-hydrogen) atoms. The molecule has 1 rings (SSSR count). The van der Waals surface area contributed by atoms with E-state index in [1.54, 1.807) is 31.2 Å². The van der Waals surface area contributed by atoms with Crippen LogP contribution in [0.2, 0.25) is 0 Å². The van der Waals surface area contributed by atoms with Crippen molar-refractivity contribution >= 4 is 5.91 Å². The van der Waals surface area contributed by atoms with Crippen molar-refractivity contribution in [2.24, 2.45) is 0 Å². The van der Waals surface area contributed by atoms with Crippen molar-refractivity contribution in [2.45, 2.75) is 0 Å². The van der Waals surface area contributed by atoms with Crippen LogP contribution in [0.1, 0.15) is 10.6 Å². The summed E-state index contributed by atoms with van der Waals surface area (Å²) >= 11 is 0. The molecule has 0 atom stereocenters. The number of carbonyl (C=O) groups excluding carboxylic acids is 1. The van der Waals surface area contributed by atoms with Crippen molar-refractivity contribution in [3.63, 3.8) is 0 Å². The Bertz CT molecular complexity index is 256. The predicted molar refractivity (Wildman–Crippen MR) is 47.5 cm³/mol. The lowest BCUT2D eigenvalue weighted by Gasteiger charge is -2.14. The molecule has 1 aromatic rings. The van der Waals surface area contributed by atoms with E-state index in [-0.39, 0.29) is 5.91 Å². The molecule has 0 saturated carbocycles. The first-order valence-electron chi connectivity index (χ1n) is 4.03. The smallest absolute Gasteiger partial charge is 0.289 e. The monoisotopic (exact) mass is 183 g/mol. The Balaban J connectivity index is 2.48. The van der Waals surface area contributed by atoms with Gasteiger partial charge >= 0.3 is 0 Å². The summed E-state index contributed by atoms with van der Waals surface area (Å²) in [6, 6.07) is 3.34. The van der Waals surface area contributed by atoms with Crippen LogP contribution in [0.25, 0.3) is 0 Å². The molecule has 0 N–H and O–H groups in total. The van der Waals surface area contributed by atoms with E-state index in [4.69, 9.17) is 9.15 Å². The molecule has 0 aliphatic carbocycles. The molecule has 0 bridgehead atoms. The van der Waals surface area contributed by atoms with Crippen molar-refractivity contribution in [3.8, 4) is 0 Å². The van der Waals surface area contributed by atoms with Crippen LogP contribution in [0, 0.1) is 0 Å². The topological polar surface area (TPSA) is 42.7 Å². The van der Waals surface area contributed by atoms with Crippen LogP contribution in [-0.2, 0) is 4.74 Å². The lowest BCUT2D eigenvalue weighted by atomic mass is 10.4. The second kappa shape index (κ2) is 4.67. The van der Waals surface area contributed by atoms with Gasteiger partial charge in [0, 0.05) is 20.7 Å². The maximum atomic E-state index is 11.5. The van der Waals surface area contributed by atoms with Crippen LogP contribution >= 0.6 is 0 Å². The van der Waals surface area contributed by atoms with Crippen molar-refractivity contribution in [1.82, 2.24) is 4.90 Å². The van der Waals surface area contributed by atoms with Gasteiger partial charge in [-0.1, -0.05) is 0 Å². The van der Waals surface area contributed by atoms with Crippen molar-refractivity contribution < 1.29 is 13.9 Å². The number of carbonyl (C=O) groups is 1. The molecule has 0 saturated heterocycles. The normalized spacial score (nSPS) is 10.0. The lowest BCUT2D eigenvalue weighted by molar-refractivity contribution is 0.0713. The third-order valence-electron chi connectivity index (χ3n) is 1.71. The summed E-state index contributed by atoms with van der Waals surface area (Å²) < 4.78 is 9.82. The highest BCUT2D eigenvalue weighted by Gasteiger charge is 2.12. The Morgan fingerprint density at radius 3 is 3.00 bits per heavy atom. The standard InChI is InChI=1S/C9H13NO3/c1-10(5-7-12-2)9(11)8-4-3-6-13-8/h3-4,6H,5,7H2,1-2H3. The fourth-order valence-corrected chi connectivity index (χ4v) is 0.918. The molecule has 1 amide bonds. The fourth-order valence-electron chi connectivity index (χ4n) is 0.918. The summed E-state index contributed by atoms with van der Waals surface area (Å²) in [6.07, 6.45) is 1.48. The van der Waals surface area contributed by atoms with Gasteiger partial charge in [-0.05, 0) is 12.1 Å².